The lowest BCUT2D eigenvalue weighted by Gasteiger charge is -2.11. The van der Waals surface area contributed by atoms with Crippen molar-refractivity contribution in [3.8, 4) is 0 Å². The number of sulfone groups is 1. The Kier molecular flexibility index (Phi) is 4.20. The molecule has 0 unspecified atom stereocenters. The molecule has 0 radical (unpaired) electrons. The Labute approximate surface area is 102 Å². The van der Waals surface area contributed by atoms with Crippen LogP contribution in [0.25, 0.3) is 0 Å². The van der Waals surface area contributed by atoms with Gasteiger partial charge in [0.05, 0.1) is 11.3 Å². The molecule has 0 aliphatic rings. The second-order valence-electron chi connectivity index (χ2n) is 3.75. The average Bonchev–Trinajstić information content (AvgIpc) is 2.17. The lowest BCUT2D eigenvalue weighted by atomic mass is 10.2. The summed E-state index contributed by atoms with van der Waals surface area (Å²) in [4.78, 5) is 0. The monoisotopic (exact) mass is 285 g/mol. The Bertz CT molecular complexity index is 525. The highest BCUT2D eigenvalue weighted by molar-refractivity contribution is 7.90. The zero-order chi connectivity index (χ0) is 14.0. The zero-order valence-corrected chi connectivity index (χ0v) is 10.2. The molecule has 18 heavy (non-hydrogen) atoms. The second kappa shape index (κ2) is 5.13. The maximum Gasteiger partial charge on any atom is 0.419 e. The third-order valence-corrected chi connectivity index (χ3v) is 3.02. The Morgan fingerprint density at radius 1 is 1.28 bits per heavy atom. The van der Waals surface area contributed by atoms with E-state index in [4.69, 9.17) is 0 Å². The van der Waals surface area contributed by atoms with Gasteiger partial charge < -0.3 is 5.32 Å². The molecule has 0 spiro atoms. The fraction of sp³-hybridized carbons (Fsp3) is 0.400. The molecule has 0 heterocycles. The van der Waals surface area contributed by atoms with Gasteiger partial charge in [0.1, 0.15) is 15.7 Å². The fourth-order valence-electron chi connectivity index (χ4n) is 1.23. The predicted octanol–water partition coefficient (Wildman–Crippen LogP) is 2.30. The van der Waals surface area contributed by atoms with E-state index in [9.17, 15) is 26.0 Å². The molecule has 102 valence electrons. The fourth-order valence-corrected chi connectivity index (χ4v) is 1.71. The van der Waals surface area contributed by atoms with Crippen LogP contribution in [0, 0.1) is 5.82 Å². The van der Waals surface area contributed by atoms with Gasteiger partial charge in [-0.05, 0) is 18.2 Å². The molecule has 0 saturated heterocycles. The van der Waals surface area contributed by atoms with Crippen molar-refractivity contribution in [2.75, 3.05) is 23.9 Å². The van der Waals surface area contributed by atoms with E-state index in [-0.39, 0.29) is 18.0 Å². The van der Waals surface area contributed by atoms with Crippen LogP contribution < -0.4 is 5.32 Å². The Morgan fingerprint density at radius 2 is 1.89 bits per heavy atom. The number of halogens is 4. The topological polar surface area (TPSA) is 46.2 Å². The summed E-state index contributed by atoms with van der Waals surface area (Å²) < 4.78 is 71.7. The van der Waals surface area contributed by atoms with Crippen molar-refractivity contribution in [3.05, 3.63) is 29.6 Å². The van der Waals surface area contributed by atoms with Crippen LogP contribution in [0.15, 0.2) is 18.2 Å². The molecule has 1 aromatic rings. The molecular weight excluding hydrogens is 274 g/mol. The van der Waals surface area contributed by atoms with E-state index >= 15 is 0 Å². The van der Waals surface area contributed by atoms with E-state index in [1.807, 2.05) is 0 Å². The van der Waals surface area contributed by atoms with Crippen LogP contribution in [0.1, 0.15) is 5.56 Å². The number of hydrogen-bond donors (Lipinski definition) is 1. The number of hydrogen-bond acceptors (Lipinski definition) is 3. The molecule has 0 atom stereocenters. The molecular formula is C10H11F4NO2S. The van der Waals surface area contributed by atoms with Crippen molar-refractivity contribution in [2.24, 2.45) is 0 Å². The molecule has 0 saturated carbocycles. The molecule has 0 bridgehead atoms. The first-order valence-electron chi connectivity index (χ1n) is 4.88. The van der Waals surface area contributed by atoms with Gasteiger partial charge in [0.2, 0.25) is 0 Å². The summed E-state index contributed by atoms with van der Waals surface area (Å²) in [6.07, 6.45) is -3.76. The first-order chi connectivity index (χ1) is 8.09. The largest absolute Gasteiger partial charge is 0.419 e. The number of rotatable bonds is 4. The number of benzene rings is 1. The van der Waals surface area contributed by atoms with Crippen molar-refractivity contribution >= 4 is 15.5 Å². The van der Waals surface area contributed by atoms with Crippen LogP contribution in [-0.4, -0.2) is 27.0 Å². The molecule has 0 aromatic heterocycles. The van der Waals surface area contributed by atoms with Gasteiger partial charge in [-0.2, -0.15) is 13.2 Å². The molecule has 8 heteroatoms. The summed E-state index contributed by atoms with van der Waals surface area (Å²) in [6.45, 7) is -0.0399. The van der Waals surface area contributed by atoms with Gasteiger partial charge in [0.25, 0.3) is 0 Å². The zero-order valence-electron chi connectivity index (χ0n) is 9.38. The molecule has 0 aliphatic carbocycles. The maximum atomic E-state index is 12.9. The number of alkyl halides is 3. The molecule has 3 nitrogen and oxygen atoms in total. The van der Waals surface area contributed by atoms with Gasteiger partial charge >= 0.3 is 6.18 Å². The standard InChI is InChI=1S/C10H11F4NO2S/c1-18(16,17)5-4-15-7-2-3-9(11)8(6-7)10(12,13)14/h2-3,6,15H,4-5H2,1H3. The minimum atomic E-state index is -4.78. The Hall–Kier alpha value is -1.31. The molecule has 0 aliphatic heterocycles. The summed E-state index contributed by atoms with van der Waals surface area (Å²) in [5, 5.41) is 2.50. The van der Waals surface area contributed by atoms with Crippen molar-refractivity contribution in [1.82, 2.24) is 0 Å². The van der Waals surface area contributed by atoms with E-state index in [1.165, 1.54) is 0 Å². The predicted molar refractivity (Wildman–Crippen MR) is 59.6 cm³/mol. The molecule has 1 aromatic carbocycles. The third kappa shape index (κ3) is 4.52. The van der Waals surface area contributed by atoms with Crippen molar-refractivity contribution in [3.63, 3.8) is 0 Å². The SMILES string of the molecule is CS(=O)(=O)CCNc1ccc(F)c(C(F)(F)F)c1. The van der Waals surface area contributed by atoms with Gasteiger partial charge in [-0.1, -0.05) is 0 Å². The lowest BCUT2D eigenvalue weighted by Crippen LogP contribution is -2.15. The Balaban J connectivity index is 2.80. The molecule has 0 amide bonds. The lowest BCUT2D eigenvalue weighted by molar-refractivity contribution is -0.139. The van der Waals surface area contributed by atoms with Crippen LogP contribution in [0.3, 0.4) is 0 Å². The van der Waals surface area contributed by atoms with Gasteiger partial charge in [-0.15, -0.1) is 0 Å². The highest BCUT2D eigenvalue weighted by Gasteiger charge is 2.34. The van der Waals surface area contributed by atoms with Gasteiger partial charge in [0.15, 0.2) is 0 Å². The smallest absolute Gasteiger partial charge is 0.384 e. The van der Waals surface area contributed by atoms with E-state index in [1.54, 1.807) is 0 Å². The minimum absolute atomic E-state index is 0.0207. The quantitative estimate of drug-likeness (QED) is 0.863. The number of nitrogens with one attached hydrogen (secondary N) is 1. The van der Waals surface area contributed by atoms with Crippen LogP contribution >= 0.6 is 0 Å². The normalized spacial score (nSPS) is 12.5. The van der Waals surface area contributed by atoms with Crippen molar-refractivity contribution < 1.29 is 26.0 Å². The van der Waals surface area contributed by atoms with Crippen LogP contribution in [0.4, 0.5) is 23.2 Å². The summed E-state index contributed by atoms with van der Waals surface area (Å²) >= 11 is 0. The van der Waals surface area contributed by atoms with E-state index in [2.05, 4.69) is 5.32 Å². The van der Waals surface area contributed by atoms with Crippen LogP contribution in [0.5, 0.6) is 0 Å². The van der Waals surface area contributed by atoms with Crippen molar-refractivity contribution in [2.45, 2.75) is 6.18 Å². The summed E-state index contributed by atoms with van der Waals surface area (Å²) in [5.41, 5.74) is -1.36. The third-order valence-electron chi connectivity index (χ3n) is 2.07. The molecule has 0 fully saturated rings. The van der Waals surface area contributed by atoms with Gasteiger partial charge in [-0.25, -0.2) is 12.8 Å². The first-order valence-corrected chi connectivity index (χ1v) is 6.94. The molecule has 1 N–H and O–H groups in total. The highest BCUT2D eigenvalue weighted by Crippen LogP contribution is 2.32. The summed E-state index contributed by atoms with van der Waals surface area (Å²) in [7, 11) is -3.20. The number of anilines is 1. The maximum absolute atomic E-state index is 12.9. The minimum Gasteiger partial charge on any atom is -0.384 e. The van der Waals surface area contributed by atoms with E-state index < -0.39 is 27.4 Å². The highest BCUT2D eigenvalue weighted by atomic mass is 32.2. The first kappa shape index (κ1) is 14.7. The van der Waals surface area contributed by atoms with Gasteiger partial charge in [0, 0.05) is 18.5 Å². The summed E-state index contributed by atoms with van der Waals surface area (Å²) in [5.74, 6) is -1.58. The van der Waals surface area contributed by atoms with Crippen LogP contribution in [0.2, 0.25) is 0 Å². The summed E-state index contributed by atoms with van der Waals surface area (Å²) in [6, 6.07) is 2.41. The van der Waals surface area contributed by atoms with E-state index in [0.717, 1.165) is 12.3 Å². The van der Waals surface area contributed by atoms with Crippen molar-refractivity contribution in [1.29, 1.82) is 0 Å². The second-order valence-corrected chi connectivity index (χ2v) is 6.01. The van der Waals surface area contributed by atoms with E-state index in [0.29, 0.717) is 12.1 Å². The average molecular weight is 285 g/mol. The Morgan fingerprint density at radius 3 is 2.39 bits per heavy atom. The van der Waals surface area contributed by atoms with Crippen LogP contribution in [-0.2, 0) is 16.0 Å². The van der Waals surface area contributed by atoms with Gasteiger partial charge in [-0.3, -0.25) is 0 Å². The molecule has 1 rings (SSSR count).